The van der Waals surface area contributed by atoms with Gasteiger partial charge in [-0.15, -0.1) is 0 Å². The number of carbonyl (C=O) groups is 4. The van der Waals surface area contributed by atoms with Crippen LogP contribution in [0.2, 0.25) is 0 Å². The van der Waals surface area contributed by atoms with Crippen LogP contribution in [0.25, 0.3) is 39.1 Å². The minimum atomic E-state index is -0.829. The number of methoxy groups -OCH3 is 2. The van der Waals surface area contributed by atoms with E-state index in [1.54, 1.807) is 11.1 Å². The smallest absolute Gasteiger partial charge is 0.407 e. The number of likely N-dealkylation sites (tertiary alicyclic amines) is 2. The number of imidazole rings is 1. The van der Waals surface area contributed by atoms with E-state index in [9.17, 15) is 19.2 Å². The zero-order chi connectivity index (χ0) is 49.7. The first-order valence-electron chi connectivity index (χ1n) is 24.2. The van der Waals surface area contributed by atoms with Crippen LogP contribution in [-0.4, -0.2) is 98.9 Å². The van der Waals surface area contributed by atoms with Gasteiger partial charge in [-0.3, -0.25) is 14.2 Å². The molecule has 0 spiro atoms. The van der Waals surface area contributed by atoms with Gasteiger partial charge in [-0.25, -0.2) is 19.0 Å². The Hall–Kier alpha value is -7.11. The highest BCUT2D eigenvalue weighted by molar-refractivity contribution is 5.93. The molecule has 2 aromatic carbocycles. The molecule has 4 aliphatic heterocycles. The maximum atomic E-state index is 17.1. The number of alkyl carbamates (subject to hydrolysis) is 2. The van der Waals surface area contributed by atoms with Crippen molar-refractivity contribution in [2.45, 2.75) is 117 Å². The molecular weight excluding hydrogens is 898 g/mol. The number of hydrogen-bond donors (Lipinski definition) is 4. The van der Waals surface area contributed by atoms with Gasteiger partial charge in [0.15, 0.2) is 5.76 Å². The Balaban J connectivity index is 1.03. The third-order valence-corrected chi connectivity index (χ3v) is 14.1. The molecule has 7 heterocycles. The molecule has 2 fully saturated rings. The van der Waals surface area contributed by atoms with E-state index in [2.05, 4.69) is 26.1 Å². The van der Waals surface area contributed by atoms with Crippen LogP contribution < -0.4 is 20.7 Å². The number of ether oxygens (including phenoxy) is 3. The third kappa shape index (κ3) is 8.87. The number of dihydropyridines is 1. The Morgan fingerprint density at radius 2 is 1.50 bits per heavy atom. The summed E-state index contributed by atoms with van der Waals surface area (Å²) in [5, 5.41) is 14.2. The van der Waals surface area contributed by atoms with Gasteiger partial charge in [-0.2, -0.15) is 0 Å². The average Bonchev–Trinajstić information content (AvgIpc) is 4.20. The van der Waals surface area contributed by atoms with Crippen LogP contribution in [0.5, 0.6) is 5.75 Å². The van der Waals surface area contributed by atoms with Crippen molar-refractivity contribution in [3.63, 3.8) is 0 Å². The number of rotatable bonds is 12. The summed E-state index contributed by atoms with van der Waals surface area (Å²) in [5.41, 5.74) is 7.22. The number of H-pyrrole nitrogens is 1. The van der Waals surface area contributed by atoms with Gasteiger partial charge in [0, 0.05) is 47.1 Å². The second kappa shape index (κ2) is 19.4. The molecule has 4 N–H and O–H groups in total. The molecule has 1 unspecified atom stereocenters. The Labute approximate surface area is 406 Å². The van der Waals surface area contributed by atoms with Crippen molar-refractivity contribution in [3.8, 4) is 28.3 Å². The number of benzene rings is 2. The fraction of sp³-hybridized carbons (Fsp3) is 0.462. The van der Waals surface area contributed by atoms with E-state index in [-0.39, 0.29) is 41.7 Å². The summed E-state index contributed by atoms with van der Waals surface area (Å²) in [6.07, 6.45) is 5.23. The van der Waals surface area contributed by atoms with E-state index < -0.39 is 36.3 Å². The van der Waals surface area contributed by atoms with Gasteiger partial charge in [0.1, 0.15) is 29.5 Å². The van der Waals surface area contributed by atoms with Crippen LogP contribution >= 0.6 is 0 Å². The highest BCUT2D eigenvalue weighted by Crippen LogP contribution is 2.48. The van der Waals surface area contributed by atoms with E-state index in [0.717, 1.165) is 58.4 Å². The lowest BCUT2D eigenvalue weighted by atomic mass is 9.95. The van der Waals surface area contributed by atoms with Gasteiger partial charge in [0.2, 0.25) is 18.0 Å². The average molecular weight is 960 g/mol. The zero-order valence-corrected chi connectivity index (χ0v) is 41.1. The zero-order valence-electron chi connectivity index (χ0n) is 41.1. The van der Waals surface area contributed by atoms with Crippen LogP contribution in [-0.2, 0) is 19.1 Å². The van der Waals surface area contributed by atoms with Crippen molar-refractivity contribution >= 4 is 40.6 Å². The number of amides is 4. The van der Waals surface area contributed by atoms with E-state index >= 15 is 4.39 Å². The third-order valence-electron chi connectivity index (χ3n) is 14.1. The fourth-order valence-corrected chi connectivity index (χ4v) is 10.3. The molecule has 5 atom stereocenters. The summed E-state index contributed by atoms with van der Waals surface area (Å²) in [6.45, 7) is 14.7. The lowest BCUT2D eigenvalue weighted by molar-refractivity contribution is -0.136. The van der Waals surface area contributed by atoms with Gasteiger partial charge < -0.3 is 49.5 Å². The van der Waals surface area contributed by atoms with Crippen LogP contribution in [0.1, 0.15) is 122 Å². The first-order chi connectivity index (χ1) is 33.6. The first-order valence-corrected chi connectivity index (χ1v) is 24.2. The van der Waals surface area contributed by atoms with E-state index in [1.165, 1.54) is 20.3 Å². The fourth-order valence-electron chi connectivity index (χ4n) is 10.3. The molecule has 9 rings (SSSR count). The molecule has 3 aromatic heterocycles. The minimum absolute atomic E-state index is 0.0872. The van der Waals surface area contributed by atoms with Gasteiger partial charge in [-0.05, 0) is 92.7 Å². The standard InChI is InChI=1S/C52H62FN9O8/c1-26(2)35-24-42(70-59-35)50-62-37-17-15-30(36-25-54-47(56-36)39-13-11-19-61(39)49(64)45(28(5)6)58-52(66)68-9)20-32(37)22-40(62)43-33(53)21-31(23-41(43)69-50)34-16-14-29(7)46(55-34)38-12-10-18-60(38)48(63)44(27(3)4)57-51(65)67-8/h15-17,20-28,38-39,44-45,50,55H,10-14,18-19H2,1-9H3,(H,54,56)(H,57,65)(H,58,66)/t38-,39-,44-,45-,50?/m0/s1. The SMILES string of the molecule is COC(=O)N[C@H](C(=O)N1CCC[C@H]1C1=C(C)CC=C(c2cc(F)c3c(c2)OC(c2cc(C(C)C)no2)n2c-3cc3cc(-c4cnc([C@@H]5CCCN5C(=O)[C@@H](NC(=O)OC)C(C)C)[nH]4)ccc32)N1)C(C)C. The number of nitrogens with zero attached hydrogens (tertiary/aromatic N) is 5. The molecule has 70 heavy (non-hydrogen) atoms. The predicted octanol–water partition coefficient (Wildman–Crippen LogP) is 8.91. The molecular formula is C52H62FN9O8. The highest BCUT2D eigenvalue weighted by atomic mass is 19.1. The molecule has 0 radical (unpaired) electrons. The number of carbonyl (C=O) groups excluding carboxylic acids is 4. The first kappa shape index (κ1) is 47.9. The normalized spacial score (nSPS) is 19.7. The molecule has 0 bridgehead atoms. The summed E-state index contributed by atoms with van der Waals surface area (Å²) in [6, 6.07) is 11.1. The number of aromatic amines is 1. The van der Waals surface area contributed by atoms with Gasteiger partial charge in [0.05, 0.1) is 60.7 Å². The molecule has 4 amide bonds. The Morgan fingerprint density at radius 3 is 2.13 bits per heavy atom. The molecule has 5 aromatic rings. The van der Waals surface area contributed by atoms with Crippen LogP contribution in [0.3, 0.4) is 0 Å². The summed E-state index contributed by atoms with van der Waals surface area (Å²) >= 11 is 0. The maximum Gasteiger partial charge on any atom is 0.407 e. The van der Waals surface area contributed by atoms with E-state index in [1.807, 2.05) is 100 Å². The number of allylic oxidation sites excluding steroid dienone is 2. The second-order valence-corrected chi connectivity index (χ2v) is 19.7. The summed E-state index contributed by atoms with van der Waals surface area (Å²) in [4.78, 5) is 64.1. The lowest BCUT2D eigenvalue weighted by Gasteiger charge is -2.35. The topological polar surface area (TPSA) is 198 Å². The Bertz CT molecular complexity index is 2910. The molecule has 4 aliphatic rings. The van der Waals surface area contributed by atoms with Crippen molar-refractivity contribution in [2.24, 2.45) is 11.8 Å². The van der Waals surface area contributed by atoms with Gasteiger partial charge in [0.25, 0.3) is 0 Å². The maximum absolute atomic E-state index is 17.1. The molecule has 2 saturated heterocycles. The van der Waals surface area contributed by atoms with Gasteiger partial charge >= 0.3 is 12.2 Å². The molecule has 0 aliphatic carbocycles. The molecule has 0 saturated carbocycles. The molecule has 17 nitrogen and oxygen atoms in total. The van der Waals surface area contributed by atoms with Crippen molar-refractivity contribution < 1.29 is 42.3 Å². The molecule has 370 valence electrons. The summed E-state index contributed by atoms with van der Waals surface area (Å²) in [7, 11) is 2.55. The van der Waals surface area contributed by atoms with Crippen molar-refractivity contribution in [2.75, 3.05) is 27.3 Å². The predicted molar refractivity (Wildman–Crippen MR) is 259 cm³/mol. The summed E-state index contributed by atoms with van der Waals surface area (Å²) < 4.78 is 41.4. The monoisotopic (exact) mass is 959 g/mol. The number of aromatic nitrogens is 4. The highest BCUT2D eigenvalue weighted by Gasteiger charge is 2.41. The Morgan fingerprint density at radius 1 is 0.843 bits per heavy atom. The lowest BCUT2D eigenvalue weighted by Crippen LogP contribution is -2.53. The van der Waals surface area contributed by atoms with E-state index in [0.29, 0.717) is 65.8 Å². The van der Waals surface area contributed by atoms with Gasteiger partial charge in [-0.1, -0.05) is 58.8 Å². The largest absolute Gasteiger partial charge is 0.462 e. The number of hydrogen-bond acceptors (Lipinski definition) is 11. The number of nitrogens with one attached hydrogen (secondary N) is 4. The number of halogens is 1. The van der Waals surface area contributed by atoms with E-state index in [4.69, 9.17) is 23.7 Å². The Kier molecular flexibility index (Phi) is 13.3. The van der Waals surface area contributed by atoms with Crippen LogP contribution in [0, 0.1) is 17.7 Å². The van der Waals surface area contributed by atoms with Crippen LogP contribution in [0.4, 0.5) is 14.0 Å². The van der Waals surface area contributed by atoms with Crippen molar-refractivity contribution in [1.82, 2.24) is 45.4 Å². The molecule has 18 heteroatoms. The second-order valence-electron chi connectivity index (χ2n) is 19.7. The quantitative estimate of drug-likeness (QED) is 0.0932. The van der Waals surface area contributed by atoms with Crippen LogP contribution in [0.15, 0.2) is 70.5 Å². The van der Waals surface area contributed by atoms with Crippen molar-refractivity contribution in [3.05, 3.63) is 94.7 Å². The summed E-state index contributed by atoms with van der Waals surface area (Å²) in [5.74, 6) is 0.342. The van der Waals surface area contributed by atoms with Crippen molar-refractivity contribution in [1.29, 1.82) is 0 Å². The minimum Gasteiger partial charge on any atom is -0.462 e. The number of fused-ring (bicyclic) bond motifs is 5.